The highest BCUT2D eigenvalue weighted by Crippen LogP contribution is 2.10. The van der Waals surface area contributed by atoms with Crippen LogP contribution in [0.15, 0.2) is 60.2 Å². The molecule has 2 heterocycles. The zero-order chi connectivity index (χ0) is 19.1. The lowest BCUT2D eigenvalue weighted by Gasteiger charge is -2.12. The fourth-order valence-corrected chi connectivity index (χ4v) is 2.61. The Hall–Kier alpha value is -2.49. The molecule has 2 aromatic heterocycles. The number of hydrogen-bond acceptors (Lipinski definition) is 3. The molecule has 0 unspecified atom stereocenters. The second-order valence-electron chi connectivity index (χ2n) is 6.12. The molecule has 0 amide bonds. The molecule has 0 saturated heterocycles. The largest absolute Gasteiger partial charge is 0.357 e. The Bertz CT molecular complexity index is 911. The molecule has 2 N–H and O–H groups in total. The van der Waals surface area contributed by atoms with Crippen LogP contribution < -0.4 is 10.6 Å². The Balaban J connectivity index is 0.00000280. The molecule has 0 fully saturated rings. The number of aliphatic imine (C=N–C) groups is 1. The summed E-state index contributed by atoms with van der Waals surface area (Å²) in [7, 11) is 0. The molecule has 0 spiro atoms. The first kappa shape index (κ1) is 21.8. The van der Waals surface area contributed by atoms with E-state index in [0.29, 0.717) is 24.6 Å². The maximum Gasteiger partial charge on any atom is 0.191 e. The smallest absolute Gasteiger partial charge is 0.191 e. The molecule has 0 bridgehead atoms. The van der Waals surface area contributed by atoms with E-state index in [1.165, 1.54) is 6.07 Å². The first-order valence-corrected chi connectivity index (χ1v) is 8.86. The van der Waals surface area contributed by atoms with Crippen molar-refractivity contribution >= 4 is 29.9 Å². The van der Waals surface area contributed by atoms with Crippen molar-refractivity contribution in [3.8, 4) is 5.82 Å². The summed E-state index contributed by atoms with van der Waals surface area (Å²) in [5.74, 6) is 1.33. The van der Waals surface area contributed by atoms with Gasteiger partial charge in [0.05, 0.1) is 6.54 Å². The van der Waals surface area contributed by atoms with Crippen molar-refractivity contribution in [1.82, 2.24) is 25.2 Å². The molecule has 6 nitrogen and oxygen atoms in total. The van der Waals surface area contributed by atoms with Crippen molar-refractivity contribution < 1.29 is 4.39 Å². The van der Waals surface area contributed by atoms with E-state index in [2.05, 4.69) is 25.6 Å². The van der Waals surface area contributed by atoms with Crippen LogP contribution >= 0.6 is 24.0 Å². The van der Waals surface area contributed by atoms with Gasteiger partial charge in [-0.25, -0.2) is 19.4 Å². The molecule has 148 valence electrons. The minimum Gasteiger partial charge on any atom is -0.357 e. The lowest BCUT2D eigenvalue weighted by Crippen LogP contribution is -2.36. The minimum atomic E-state index is -0.195. The van der Waals surface area contributed by atoms with Crippen LogP contribution in [0.1, 0.15) is 23.6 Å². The number of nitrogens with one attached hydrogen (secondary N) is 2. The maximum absolute atomic E-state index is 13.4. The molecule has 0 radical (unpaired) electrons. The molecule has 0 aliphatic rings. The summed E-state index contributed by atoms with van der Waals surface area (Å²) in [4.78, 5) is 13.0. The lowest BCUT2D eigenvalue weighted by molar-refractivity contribution is 0.617. The van der Waals surface area contributed by atoms with E-state index in [1.807, 2.05) is 35.9 Å². The zero-order valence-electron chi connectivity index (χ0n) is 15.9. The molecule has 0 atom stereocenters. The lowest BCUT2D eigenvalue weighted by atomic mass is 10.1. The van der Waals surface area contributed by atoms with Crippen LogP contribution in [-0.4, -0.2) is 27.0 Å². The monoisotopic (exact) mass is 494 g/mol. The van der Waals surface area contributed by atoms with Crippen molar-refractivity contribution in [3.05, 3.63) is 77.8 Å². The zero-order valence-corrected chi connectivity index (χ0v) is 18.2. The normalized spacial score (nSPS) is 11.0. The van der Waals surface area contributed by atoms with Crippen molar-refractivity contribution in [2.45, 2.75) is 26.9 Å². The van der Waals surface area contributed by atoms with Gasteiger partial charge in [0.2, 0.25) is 0 Å². The Labute approximate surface area is 181 Å². The summed E-state index contributed by atoms with van der Waals surface area (Å²) in [6, 6.07) is 9.02. The van der Waals surface area contributed by atoms with Crippen molar-refractivity contribution in [2.75, 3.05) is 6.54 Å². The van der Waals surface area contributed by atoms with Crippen molar-refractivity contribution in [3.63, 3.8) is 0 Å². The Morgan fingerprint density at radius 2 is 2.00 bits per heavy atom. The number of aromatic nitrogens is 3. The van der Waals surface area contributed by atoms with Crippen LogP contribution in [0.5, 0.6) is 0 Å². The van der Waals surface area contributed by atoms with Gasteiger partial charge in [-0.3, -0.25) is 4.57 Å². The average molecular weight is 494 g/mol. The van der Waals surface area contributed by atoms with Gasteiger partial charge < -0.3 is 10.6 Å². The predicted molar refractivity (Wildman–Crippen MR) is 120 cm³/mol. The van der Waals surface area contributed by atoms with E-state index >= 15 is 0 Å². The number of rotatable bonds is 6. The number of guanidine groups is 1. The Morgan fingerprint density at radius 3 is 2.71 bits per heavy atom. The average Bonchev–Trinajstić information content (AvgIpc) is 3.22. The van der Waals surface area contributed by atoms with E-state index in [1.54, 1.807) is 31.7 Å². The molecule has 28 heavy (non-hydrogen) atoms. The van der Waals surface area contributed by atoms with Crippen molar-refractivity contribution in [2.24, 2.45) is 4.99 Å². The minimum absolute atomic E-state index is 0. The topological polar surface area (TPSA) is 67.1 Å². The number of pyridine rings is 1. The first-order valence-electron chi connectivity index (χ1n) is 8.86. The second-order valence-corrected chi connectivity index (χ2v) is 6.12. The summed E-state index contributed by atoms with van der Waals surface area (Å²) >= 11 is 0. The number of nitrogens with zero attached hydrogens (tertiary/aromatic N) is 4. The van der Waals surface area contributed by atoms with Gasteiger partial charge in [-0.15, -0.1) is 24.0 Å². The number of hydrogen-bond donors (Lipinski definition) is 2. The van der Waals surface area contributed by atoms with Gasteiger partial charge in [0, 0.05) is 31.7 Å². The molecule has 3 aromatic rings. The fraction of sp³-hybridized carbons (Fsp3) is 0.250. The molecule has 8 heteroatoms. The van der Waals surface area contributed by atoms with Crippen LogP contribution in [0, 0.1) is 12.7 Å². The fourth-order valence-electron chi connectivity index (χ4n) is 2.61. The van der Waals surface area contributed by atoms with Gasteiger partial charge in [-0.1, -0.05) is 12.1 Å². The quantitative estimate of drug-likeness (QED) is 0.313. The Morgan fingerprint density at radius 1 is 1.14 bits per heavy atom. The standard InChI is InChI=1S/C20H23FN6.HI/c1-3-23-20(25-12-16-4-5-18(21)15(2)10-16)26-13-17-6-7-24-19(11-17)27-9-8-22-14-27;/h4-11,14H,3,12-13H2,1-2H3,(H2,23,25,26);1H. The van der Waals surface area contributed by atoms with E-state index in [9.17, 15) is 4.39 Å². The van der Waals surface area contributed by atoms with Crippen LogP contribution in [0.25, 0.3) is 5.82 Å². The highest BCUT2D eigenvalue weighted by atomic mass is 127. The SMILES string of the molecule is CCNC(=NCc1ccc(F)c(C)c1)NCc1ccnc(-n2ccnc2)c1.I. The third kappa shape index (κ3) is 6.01. The molecule has 1 aromatic carbocycles. The van der Waals surface area contributed by atoms with Gasteiger partial charge in [0.15, 0.2) is 5.96 Å². The van der Waals surface area contributed by atoms with Crippen molar-refractivity contribution in [1.29, 1.82) is 0 Å². The van der Waals surface area contributed by atoms with E-state index in [4.69, 9.17) is 0 Å². The van der Waals surface area contributed by atoms with Crippen LogP contribution in [0.4, 0.5) is 4.39 Å². The molecule has 0 aliphatic heterocycles. The highest BCUT2D eigenvalue weighted by molar-refractivity contribution is 14.0. The molecular weight excluding hydrogens is 470 g/mol. The van der Waals surface area contributed by atoms with Crippen LogP contribution in [0.3, 0.4) is 0 Å². The highest BCUT2D eigenvalue weighted by Gasteiger charge is 2.03. The molecule has 0 saturated carbocycles. The summed E-state index contributed by atoms with van der Waals surface area (Å²) in [5.41, 5.74) is 2.68. The number of imidazole rings is 1. The number of benzene rings is 1. The van der Waals surface area contributed by atoms with Gasteiger partial charge in [-0.05, 0) is 48.7 Å². The van der Waals surface area contributed by atoms with Crippen LogP contribution in [-0.2, 0) is 13.1 Å². The summed E-state index contributed by atoms with van der Waals surface area (Å²) in [5, 5.41) is 6.54. The van der Waals surface area contributed by atoms with E-state index < -0.39 is 0 Å². The third-order valence-electron chi connectivity index (χ3n) is 4.03. The summed E-state index contributed by atoms with van der Waals surface area (Å²) < 4.78 is 15.3. The summed E-state index contributed by atoms with van der Waals surface area (Å²) in [6.45, 7) is 5.62. The van der Waals surface area contributed by atoms with Gasteiger partial charge >= 0.3 is 0 Å². The second kappa shape index (κ2) is 10.7. The van der Waals surface area contributed by atoms with Gasteiger partial charge in [0.1, 0.15) is 18.0 Å². The maximum atomic E-state index is 13.4. The molecular formula is C20H24FIN6. The Kier molecular flexibility index (Phi) is 8.37. The predicted octanol–water partition coefficient (Wildman–Crippen LogP) is 3.59. The van der Waals surface area contributed by atoms with E-state index in [0.717, 1.165) is 23.5 Å². The van der Waals surface area contributed by atoms with Gasteiger partial charge in [0.25, 0.3) is 0 Å². The van der Waals surface area contributed by atoms with E-state index in [-0.39, 0.29) is 29.8 Å². The molecule has 3 rings (SSSR count). The first-order chi connectivity index (χ1) is 13.2. The molecule has 0 aliphatic carbocycles. The van der Waals surface area contributed by atoms with Crippen LogP contribution in [0.2, 0.25) is 0 Å². The number of aryl methyl sites for hydroxylation is 1. The third-order valence-corrected chi connectivity index (χ3v) is 4.03. The van der Waals surface area contributed by atoms with Gasteiger partial charge in [-0.2, -0.15) is 0 Å². The number of halogens is 2. The summed E-state index contributed by atoms with van der Waals surface area (Å²) in [6.07, 6.45) is 7.07.